The minimum Gasteiger partial charge on any atom is -0.311 e. The molecule has 2 unspecified atom stereocenters. The smallest absolute Gasteiger partial charge is 0.0175 e. The summed E-state index contributed by atoms with van der Waals surface area (Å²) in [7, 11) is 0. The maximum absolute atomic E-state index is 3.73. The molecular weight excluding hydrogens is 286 g/mol. The number of nitrogens with one attached hydrogen (secondary N) is 1. The number of benzene rings is 1. The van der Waals surface area contributed by atoms with Crippen LogP contribution < -0.4 is 5.32 Å². The average molecular weight is 310 g/mol. The number of hydrogen-bond acceptors (Lipinski definition) is 1. The molecule has 100 valence electrons. The van der Waals surface area contributed by atoms with Crippen molar-refractivity contribution in [2.24, 2.45) is 5.92 Å². The molecule has 1 aliphatic carbocycles. The van der Waals surface area contributed by atoms with E-state index in [1.54, 1.807) is 0 Å². The van der Waals surface area contributed by atoms with Gasteiger partial charge in [0.05, 0.1) is 0 Å². The Kier molecular flexibility index (Phi) is 5.25. The second-order valence-corrected chi connectivity index (χ2v) is 6.75. The van der Waals surface area contributed by atoms with Crippen molar-refractivity contribution >= 4 is 15.9 Å². The molecule has 0 aliphatic heterocycles. The van der Waals surface area contributed by atoms with Gasteiger partial charge in [0.2, 0.25) is 0 Å². The molecule has 0 amide bonds. The zero-order chi connectivity index (χ0) is 13.0. The van der Waals surface area contributed by atoms with Crippen molar-refractivity contribution < 1.29 is 0 Å². The van der Waals surface area contributed by atoms with E-state index in [9.17, 15) is 0 Å². The van der Waals surface area contributed by atoms with Crippen molar-refractivity contribution in [3.63, 3.8) is 0 Å². The van der Waals surface area contributed by atoms with E-state index in [0.29, 0.717) is 12.1 Å². The lowest BCUT2D eigenvalue weighted by Crippen LogP contribution is -2.37. The average Bonchev–Trinajstić information content (AvgIpc) is 2.27. The molecule has 0 radical (unpaired) electrons. The van der Waals surface area contributed by atoms with Gasteiger partial charge in [0.1, 0.15) is 0 Å². The molecule has 1 aromatic carbocycles. The minimum absolute atomic E-state index is 0.557. The Bertz CT molecular complexity index is 356. The first-order valence-electron chi connectivity index (χ1n) is 7.14. The van der Waals surface area contributed by atoms with Gasteiger partial charge in [-0.1, -0.05) is 47.3 Å². The SMILES string of the molecule is CC(Cc1ccc(Br)cc1)NC(C)CC1CCC1. The summed E-state index contributed by atoms with van der Waals surface area (Å²) in [5.74, 6) is 0.993. The van der Waals surface area contributed by atoms with E-state index in [2.05, 4.69) is 59.4 Å². The van der Waals surface area contributed by atoms with Gasteiger partial charge in [-0.15, -0.1) is 0 Å². The van der Waals surface area contributed by atoms with Crippen LogP contribution in [0.3, 0.4) is 0 Å². The van der Waals surface area contributed by atoms with Crippen molar-refractivity contribution in [1.29, 1.82) is 0 Å². The van der Waals surface area contributed by atoms with Gasteiger partial charge in [0.15, 0.2) is 0 Å². The number of rotatable bonds is 6. The van der Waals surface area contributed by atoms with E-state index < -0.39 is 0 Å². The Morgan fingerprint density at radius 2 is 1.83 bits per heavy atom. The second kappa shape index (κ2) is 6.72. The first-order chi connectivity index (χ1) is 8.63. The van der Waals surface area contributed by atoms with E-state index in [0.717, 1.165) is 16.8 Å². The first kappa shape index (κ1) is 14.1. The highest BCUT2D eigenvalue weighted by atomic mass is 79.9. The Balaban J connectivity index is 1.73. The highest BCUT2D eigenvalue weighted by Gasteiger charge is 2.20. The monoisotopic (exact) mass is 309 g/mol. The predicted molar refractivity (Wildman–Crippen MR) is 81.9 cm³/mol. The number of halogens is 1. The Morgan fingerprint density at radius 1 is 1.17 bits per heavy atom. The third-order valence-corrected chi connectivity index (χ3v) is 4.46. The van der Waals surface area contributed by atoms with Crippen molar-refractivity contribution in [3.05, 3.63) is 34.3 Å². The van der Waals surface area contributed by atoms with Crippen molar-refractivity contribution in [2.45, 2.75) is 58.0 Å². The first-order valence-corrected chi connectivity index (χ1v) is 7.93. The van der Waals surface area contributed by atoms with Gasteiger partial charge in [0, 0.05) is 16.6 Å². The van der Waals surface area contributed by atoms with Gasteiger partial charge in [-0.2, -0.15) is 0 Å². The number of hydrogen-bond donors (Lipinski definition) is 1. The summed E-state index contributed by atoms with van der Waals surface area (Å²) in [5.41, 5.74) is 1.41. The standard InChI is InChI=1S/C16H24BrN/c1-12(10-14-4-3-5-14)18-13(2)11-15-6-8-16(17)9-7-15/h6-9,12-14,18H,3-5,10-11H2,1-2H3. The molecule has 2 atom stereocenters. The van der Waals surface area contributed by atoms with Gasteiger partial charge >= 0.3 is 0 Å². The van der Waals surface area contributed by atoms with Crippen LogP contribution in [0.5, 0.6) is 0 Å². The van der Waals surface area contributed by atoms with Crippen LogP contribution in [-0.2, 0) is 6.42 Å². The van der Waals surface area contributed by atoms with E-state index in [-0.39, 0.29) is 0 Å². The Morgan fingerprint density at radius 3 is 2.39 bits per heavy atom. The second-order valence-electron chi connectivity index (χ2n) is 5.83. The summed E-state index contributed by atoms with van der Waals surface area (Å²) in [4.78, 5) is 0. The lowest BCUT2D eigenvalue weighted by atomic mass is 9.81. The summed E-state index contributed by atoms with van der Waals surface area (Å²) >= 11 is 3.48. The molecule has 1 aromatic rings. The van der Waals surface area contributed by atoms with Gasteiger partial charge in [-0.25, -0.2) is 0 Å². The molecule has 2 rings (SSSR count). The molecule has 1 fully saturated rings. The quantitative estimate of drug-likeness (QED) is 0.813. The largest absolute Gasteiger partial charge is 0.311 e. The van der Waals surface area contributed by atoms with Crippen molar-refractivity contribution in [2.75, 3.05) is 0 Å². The van der Waals surface area contributed by atoms with Gasteiger partial charge in [0.25, 0.3) is 0 Å². The predicted octanol–water partition coefficient (Wildman–Crippen LogP) is 4.55. The Hall–Kier alpha value is -0.340. The maximum Gasteiger partial charge on any atom is 0.0175 e. The van der Waals surface area contributed by atoms with Crippen molar-refractivity contribution in [3.8, 4) is 0 Å². The molecule has 1 aliphatic rings. The molecule has 0 heterocycles. The van der Waals surface area contributed by atoms with Gasteiger partial charge in [-0.05, 0) is 50.3 Å². The fraction of sp³-hybridized carbons (Fsp3) is 0.625. The van der Waals surface area contributed by atoms with Gasteiger partial charge in [-0.3, -0.25) is 0 Å². The summed E-state index contributed by atoms with van der Waals surface area (Å²) in [5, 5.41) is 3.73. The van der Waals surface area contributed by atoms with E-state index in [4.69, 9.17) is 0 Å². The van der Waals surface area contributed by atoms with Gasteiger partial charge < -0.3 is 5.32 Å². The third kappa shape index (κ3) is 4.40. The highest BCUT2D eigenvalue weighted by molar-refractivity contribution is 9.10. The molecule has 0 saturated heterocycles. The maximum atomic E-state index is 3.73. The fourth-order valence-electron chi connectivity index (χ4n) is 2.82. The summed E-state index contributed by atoms with van der Waals surface area (Å²) < 4.78 is 1.16. The van der Waals surface area contributed by atoms with E-state index in [1.807, 2.05) is 0 Å². The summed E-state index contributed by atoms with van der Waals surface area (Å²) in [6, 6.07) is 9.87. The lowest BCUT2D eigenvalue weighted by Gasteiger charge is -2.30. The zero-order valence-corrected chi connectivity index (χ0v) is 13.0. The molecule has 1 N–H and O–H groups in total. The summed E-state index contributed by atoms with van der Waals surface area (Å²) in [6.45, 7) is 4.62. The molecule has 1 saturated carbocycles. The molecule has 0 aromatic heterocycles. The van der Waals surface area contributed by atoms with Crippen LogP contribution in [0.15, 0.2) is 28.7 Å². The molecule has 0 bridgehead atoms. The lowest BCUT2D eigenvalue weighted by molar-refractivity contribution is 0.259. The molecule has 0 spiro atoms. The van der Waals surface area contributed by atoms with Crippen LogP contribution in [0.4, 0.5) is 0 Å². The van der Waals surface area contributed by atoms with Crippen LogP contribution in [0, 0.1) is 5.92 Å². The molecular formula is C16H24BrN. The molecule has 1 nitrogen and oxygen atoms in total. The van der Waals surface area contributed by atoms with E-state index in [1.165, 1.54) is 31.2 Å². The molecule has 2 heteroatoms. The fourth-order valence-corrected chi connectivity index (χ4v) is 3.08. The topological polar surface area (TPSA) is 12.0 Å². The Labute approximate surface area is 119 Å². The molecule has 18 heavy (non-hydrogen) atoms. The van der Waals surface area contributed by atoms with Crippen molar-refractivity contribution in [1.82, 2.24) is 5.32 Å². The minimum atomic E-state index is 0.557. The normalized spacial score (nSPS) is 19.3. The third-order valence-electron chi connectivity index (χ3n) is 3.94. The van der Waals surface area contributed by atoms with Crippen LogP contribution in [0.25, 0.3) is 0 Å². The zero-order valence-electron chi connectivity index (χ0n) is 11.5. The van der Waals surface area contributed by atoms with Crippen LogP contribution >= 0.6 is 15.9 Å². The van der Waals surface area contributed by atoms with E-state index >= 15 is 0 Å². The van der Waals surface area contributed by atoms with Crippen LogP contribution in [-0.4, -0.2) is 12.1 Å². The van der Waals surface area contributed by atoms with Crippen LogP contribution in [0.2, 0.25) is 0 Å². The van der Waals surface area contributed by atoms with Crippen LogP contribution in [0.1, 0.15) is 45.1 Å². The highest BCUT2D eigenvalue weighted by Crippen LogP contribution is 2.30. The summed E-state index contributed by atoms with van der Waals surface area (Å²) in [6.07, 6.45) is 6.82.